The molecule has 1 aromatic rings. The molecule has 76 valence electrons. The molecule has 0 spiro atoms. The molecule has 0 saturated carbocycles. The Hall–Kier alpha value is -1.45. The molecular weight excluding hydrogens is 190 g/mol. The van der Waals surface area contributed by atoms with Crippen molar-refractivity contribution in [1.29, 1.82) is 0 Å². The summed E-state index contributed by atoms with van der Waals surface area (Å²) in [5.74, 6) is -2.72. The van der Waals surface area contributed by atoms with Gasteiger partial charge in [-0.25, -0.2) is 8.78 Å². The van der Waals surface area contributed by atoms with Crippen LogP contribution in [0.1, 0.15) is 13.8 Å². The van der Waals surface area contributed by atoms with Gasteiger partial charge in [0.15, 0.2) is 11.6 Å². The lowest BCUT2D eigenvalue weighted by atomic mass is 10.2. The Bertz CT molecular complexity index is 348. The minimum atomic E-state index is -0.876. The number of benzene rings is 1. The molecule has 0 amide bonds. The van der Waals surface area contributed by atoms with E-state index < -0.39 is 17.6 Å². The Morgan fingerprint density at radius 3 is 2.50 bits per heavy atom. The van der Waals surface area contributed by atoms with Crippen molar-refractivity contribution in [1.82, 2.24) is 0 Å². The lowest BCUT2D eigenvalue weighted by molar-refractivity contribution is -0.137. The van der Waals surface area contributed by atoms with Crippen LogP contribution in [-0.2, 0) is 4.79 Å². The molecule has 0 aromatic heterocycles. The number of hydrogen-bond acceptors (Lipinski definition) is 2. The summed E-state index contributed by atoms with van der Waals surface area (Å²) in [5.41, 5.74) is 0. The summed E-state index contributed by atoms with van der Waals surface area (Å²) in [6.07, 6.45) is 0. The van der Waals surface area contributed by atoms with Crippen molar-refractivity contribution in [2.45, 2.75) is 13.8 Å². The van der Waals surface area contributed by atoms with E-state index in [1.165, 1.54) is 0 Å². The van der Waals surface area contributed by atoms with Crippen molar-refractivity contribution in [2.24, 2.45) is 5.92 Å². The SMILES string of the molecule is CC(C)C(=O)Oc1ccc(F)cc1F. The van der Waals surface area contributed by atoms with E-state index in [1.54, 1.807) is 13.8 Å². The number of ether oxygens (including phenoxy) is 1. The lowest BCUT2D eigenvalue weighted by Crippen LogP contribution is -2.15. The first-order valence-corrected chi connectivity index (χ1v) is 4.17. The first-order chi connectivity index (χ1) is 6.50. The molecule has 0 aliphatic heterocycles. The van der Waals surface area contributed by atoms with E-state index in [0.717, 1.165) is 12.1 Å². The highest BCUT2D eigenvalue weighted by atomic mass is 19.1. The summed E-state index contributed by atoms with van der Waals surface area (Å²) in [4.78, 5) is 11.1. The molecule has 0 saturated heterocycles. The molecular formula is C10H10F2O2. The molecule has 1 rings (SSSR count). The molecule has 2 nitrogen and oxygen atoms in total. The molecule has 1 aromatic carbocycles. The van der Waals surface area contributed by atoms with Crippen molar-refractivity contribution in [3.63, 3.8) is 0 Å². The topological polar surface area (TPSA) is 26.3 Å². The maximum absolute atomic E-state index is 13.0. The van der Waals surface area contributed by atoms with Gasteiger partial charge >= 0.3 is 5.97 Å². The van der Waals surface area contributed by atoms with Crippen LogP contribution in [0, 0.1) is 17.6 Å². The van der Waals surface area contributed by atoms with Crippen molar-refractivity contribution < 1.29 is 18.3 Å². The van der Waals surface area contributed by atoms with E-state index in [1.807, 2.05) is 0 Å². The smallest absolute Gasteiger partial charge is 0.313 e. The molecule has 0 atom stereocenters. The van der Waals surface area contributed by atoms with Gasteiger partial charge in [0.25, 0.3) is 0 Å². The first-order valence-electron chi connectivity index (χ1n) is 4.17. The number of halogens is 2. The quantitative estimate of drug-likeness (QED) is 0.541. The summed E-state index contributed by atoms with van der Waals surface area (Å²) < 4.78 is 30.1. The van der Waals surface area contributed by atoms with Gasteiger partial charge < -0.3 is 4.74 Å². The Morgan fingerprint density at radius 1 is 1.36 bits per heavy atom. The molecule has 0 unspecified atom stereocenters. The standard InChI is InChI=1S/C10H10F2O2/c1-6(2)10(13)14-9-4-3-7(11)5-8(9)12/h3-6H,1-2H3. The van der Waals surface area contributed by atoms with Crippen LogP contribution in [0.3, 0.4) is 0 Å². The molecule has 0 aliphatic rings. The van der Waals surface area contributed by atoms with Crippen LogP contribution in [0.15, 0.2) is 18.2 Å². The Kier molecular flexibility index (Phi) is 3.17. The summed E-state index contributed by atoms with van der Waals surface area (Å²) in [5, 5.41) is 0. The van der Waals surface area contributed by atoms with Crippen LogP contribution in [0.5, 0.6) is 5.75 Å². The highest BCUT2D eigenvalue weighted by Crippen LogP contribution is 2.18. The minimum Gasteiger partial charge on any atom is -0.423 e. The third-order valence-electron chi connectivity index (χ3n) is 1.58. The molecule has 0 aliphatic carbocycles. The van der Waals surface area contributed by atoms with E-state index in [2.05, 4.69) is 4.74 Å². The first kappa shape index (κ1) is 10.6. The maximum Gasteiger partial charge on any atom is 0.313 e. The summed E-state index contributed by atoms with van der Waals surface area (Å²) in [7, 11) is 0. The van der Waals surface area contributed by atoms with E-state index in [4.69, 9.17) is 0 Å². The maximum atomic E-state index is 13.0. The molecule has 0 heterocycles. The highest BCUT2D eigenvalue weighted by Gasteiger charge is 2.13. The van der Waals surface area contributed by atoms with Gasteiger partial charge in [0.05, 0.1) is 5.92 Å². The second-order valence-corrected chi connectivity index (χ2v) is 3.15. The van der Waals surface area contributed by atoms with Gasteiger partial charge in [-0.3, -0.25) is 4.79 Å². The molecule has 0 radical (unpaired) electrons. The third kappa shape index (κ3) is 2.52. The minimum absolute atomic E-state index is 0.245. The number of carbonyl (C=O) groups excluding carboxylic acids is 1. The second kappa shape index (κ2) is 4.17. The van der Waals surface area contributed by atoms with Gasteiger partial charge in [-0.1, -0.05) is 13.8 Å². The summed E-state index contributed by atoms with van der Waals surface area (Å²) >= 11 is 0. The highest BCUT2D eigenvalue weighted by molar-refractivity contribution is 5.74. The molecule has 14 heavy (non-hydrogen) atoms. The van der Waals surface area contributed by atoms with E-state index >= 15 is 0 Å². The number of hydrogen-bond donors (Lipinski definition) is 0. The van der Waals surface area contributed by atoms with Crippen LogP contribution in [-0.4, -0.2) is 5.97 Å². The third-order valence-corrected chi connectivity index (χ3v) is 1.58. The van der Waals surface area contributed by atoms with E-state index in [9.17, 15) is 13.6 Å². The van der Waals surface area contributed by atoms with Gasteiger partial charge in [0.1, 0.15) is 5.82 Å². The Balaban J connectivity index is 2.82. The fourth-order valence-corrected chi connectivity index (χ4v) is 0.784. The molecule has 0 N–H and O–H groups in total. The number of carbonyl (C=O) groups is 1. The zero-order valence-corrected chi connectivity index (χ0v) is 7.88. The second-order valence-electron chi connectivity index (χ2n) is 3.15. The van der Waals surface area contributed by atoms with Crippen LogP contribution in [0.25, 0.3) is 0 Å². The zero-order valence-electron chi connectivity index (χ0n) is 7.88. The summed E-state index contributed by atoms with van der Waals surface area (Å²) in [6.45, 7) is 3.26. The van der Waals surface area contributed by atoms with Crippen LogP contribution >= 0.6 is 0 Å². The average Bonchev–Trinajstić information content (AvgIpc) is 2.09. The van der Waals surface area contributed by atoms with Crippen molar-refractivity contribution >= 4 is 5.97 Å². The van der Waals surface area contributed by atoms with E-state index in [0.29, 0.717) is 6.07 Å². The predicted molar refractivity (Wildman–Crippen MR) is 46.8 cm³/mol. The monoisotopic (exact) mass is 200 g/mol. The predicted octanol–water partition coefficient (Wildman–Crippen LogP) is 2.53. The van der Waals surface area contributed by atoms with Gasteiger partial charge in [-0.2, -0.15) is 0 Å². The van der Waals surface area contributed by atoms with E-state index in [-0.39, 0.29) is 11.7 Å². The van der Waals surface area contributed by atoms with Crippen molar-refractivity contribution in [2.75, 3.05) is 0 Å². The van der Waals surface area contributed by atoms with Gasteiger partial charge in [0, 0.05) is 6.07 Å². The van der Waals surface area contributed by atoms with Gasteiger partial charge in [0.2, 0.25) is 0 Å². The van der Waals surface area contributed by atoms with Crippen LogP contribution in [0.2, 0.25) is 0 Å². The Labute approximate surface area is 80.5 Å². The van der Waals surface area contributed by atoms with Crippen LogP contribution in [0.4, 0.5) is 8.78 Å². The average molecular weight is 200 g/mol. The Morgan fingerprint density at radius 2 is 2.00 bits per heavy atom. The molecule has 0 bridgehead atoms. The lowest BCUT2D eigenvalue weighted by Gasteiger charge is -2.06. The fraction of sp³-hybridized carbons (Fsp3) is 0.300. The molecule has 0 fully saturated rings. The normalized spacial score (nSPS) is 10.4. The fourth-order valence-electron chi connectivity index (χ4n) is 0.784. The largest absolute Gasteiger partial charge is 0.423 e. The molecule has 4 heteroatoms. The van der Waals surface area contributed by atoms with Crippen LogP contribution < -0.4 is 4.74 Å². The number of esters is 1. The van der Waals surface area contributed by atoms with Crippen molar-refractivity contribution in [3.05, 3.63) is 29.8 Å². The number of rotatable bonds is 2. The summed E-state index contributed by atoms with van der Waals surface area (Å²) in [6, 6.07) is 2.79. The van der Waals surface area contributed by atoms with Crippen molar-refractivity contribution in [3.8, 4) is 5.75 Å². The van der Waals surface area contributed by atoms with Gasteiger partial charge in [-0.15, -0.1) is 0 Å². The van der Waals surface area contributed by atoms with Gasteiger partial charge in [-0.05, 0) is 12.1 Å². The zero-order chi connectivity index (χ0) is 10.7.